The van der Waals surface area contributed by atoms with Crippen LogP contribution in [0.3, 0.4) is 0 Å². The fourth-order valence-corrected chi connectivity index (χ4v) is 1.93. The number of thioether (sulfide) groups is 1. The summed E-state index contributed by atoms with van der Waals surface area (Å²) >= 11 is 1.68. The van der Waals surface area contributed by atoms with Crippen LogP contribution in [0.4, 0.5) is 0 Å². The van der Waals surface area contributed by atoms with Gasteiger partial charge in [0.15, 0.2) is 0 Å². The quantitative estimate of drug-likeness (QED) is 0.727. The minimum atomic E-state index is 0.131. The van der Waals surface area contributed by atoms with Gasteiger partial charge in [-0.25, -0.2) is 4.98 Å². The number of aromatic nitrogens is 1. The van der Waals surface area contributed by atoms with Gasteiger partial charge in [0.25, 0.3) is 0 Å². The van der Waals surface area contributed by atoms with Crippen LogP contribution in [0, 0.1) is 0 Å². The lowest BCUT2D eigenvalue weighted by Crippen LogP contribution is -2.26. The highest BCUT2D eigenvalue weighted by molar-refractivity contribution is 7.99. The molecule has 4 heteroatoms. The number of hydrogen-bond acceptors (Lipinski definition) is 4. The van der Waals surface area contributed by atoms with E-state index in [1.165, 1.54) is 0 Å². The largest absolute Gasteiger partial charge is 0.376 e. The molecule has 1 aromatic heterocycles. The second-order valence-electron chi connectivity index (χ2n) is 2.79. The number of hydrogen-bond donors (Lipinski definition) is 1. The van der Waals surface area contributed by atoms with Gasteiger partial charge in [0.1, 0.15) is 0 Å². The van der Waals surface area contributed by atoms with Crippen molar-refractivity contribution >= 4 is 11.8 Å². The third kappa shape index (κ3) is 4.09. The summed E-state index contributed by atoms with van der Waals surface area (Å²) in [5.41, 5.74) is 5.56. The summed E-state index contributed by atoms with van der Waals surface area (Å²) in [7, 11) is 0. The van der Waals surface area contributed by atoms with E-state index in [0.717, 1.165) is 10.8 Å². The fraction of sp³-hybridized carbons (Fsp3) is 0.500. The second-order valence-corrected chi connectivity index (χ2v) is 3.83. The van der Waals surface area contributed by atoms with Crippen LogP contribution in [0.2, 0.25) is 0 Å². The molecule has 0 spiro atoms. The van der Waals surface area contributed by atoms with Crippen LogP contribution in [-0.4, -0.2) is 30.0 Å². The van der Waals surface area contributed by atoms with E-state index in [0.29, 0.717) is 13.2 Å². The summed E-state index contributed by atoms with van der Waals surface area (Å²) in [6.07, 6.45) is 1.92. The van der Waals surface area contributed by atoms with E-state index in [4.69, 9.17) is 10.5 Å². The van der Waals surface area contributed by atoms with Gasteiger partial charge >= 0.3 is 0 Å². The van der Waals surface area contributed by atoms with Crippen LogP contribution in [0.25, 0.3) is 0 Å². The van der Waals surface area contributed by atoms with Crippen molar-refractivity contribution in [2.45, 2.75) is 18.1 Å². The first kappa shape index (κ1) is 11.5. The summed E-state index contributed by atoms with van der Waals surface area (Å²) in [6.45, 7) is 3.26. The molecule has 3 nitrogen and oxygen atoms in total. The van der Waals surface area contributed by atoms with Crippen molar-refractivity contribution in [3.63, 3.8) is 0 Å². The molecule has 1 unspecified atom stereocenters. The van der Waals surface area contributed by atoms with Gasteiger partial charge in [0.2, 0.25) is 0 Å². The Bertz CT molecular complexity index is 243. The molecule has 1 atom stereocenters. The molecule has 0 saturated carbocycles. The van der Waals surface area contributed by atoms with Crippen molar-refractivity contribution in [3.05, 3.63) is 24.4 Å². The number of pyridine rings is 1. The van der Waals surface area contributed by atoms with E-state index in [1.54, 1.807) is 18.0 Å². The molecule has 14 heavy (non-hydrogen) atoms. The average Bonchev–Trinajstić information content (AvgIpc) is 2.25. The molecule has 0 aromatic carbocycles. The number of nitrogens with zero attached hydrogens (tertiary/aromatic N) is 1. The van der Waals surface area contributed by atoms with Crippen molar-refractivity contribution in [1.82, 2.24) is 4.98 Å². The first-order chi connectivity index (χ1) is 6.86. The molecular weight excluding hydrogens is 196 g/mol. The van der Waals surface area contributed by atoms with Gasteiger partial charge in [-0.1, -0.05) is 6.07 Å². The number of nitrogens with two attached hydrogens (primary N) is 1. The lowest BCUT2D eigenvalue weighted by atomic mass is 10.4. The van der Waals surface area contributed by atoms with E-state index >= 15 is 0 Å². The van der Waals surface area contributed by atoms with Crippen LogP contribution in [-0.2, 0) is 4.74 Å². The Morgan fingerprint density at radius 3 is 3.00 bits per heavy atom. The van der Waals surface area contributed by atoms with Gasteiger partial charge in [0.05, 0.1) is 11.1 Å². The third-order valence-electron chi connectivity index (χ3n) is 1.72. The summed E-state index contributed by atoms with van der Waals surface area (Å²) in [5.74, 6) is 0.862. The van der Waals surface area contributed by atoms with Gasteiger partial charge in [-0.3, -0.25) is 0 Å². The van der Waals surface area contributed by atoms with E-state index in [1.807, 2.05) is 25.1 Å². The van der Waals surface area contributed by atoms with E-state index in [-0.39, 0.29) is 6.10 Å². The summed E-state index contributed by atoms with van der Waals surface area (Å²) < 4.78 is 5.44. The highest BCUT2D eigenvalue weighted by atomic mass is 32.2. The summed E-state index contributed by atoms with van der Waals surface area (Å²) in [4.78, 5) is 4.21. The second kappa shape index (κ2) is 6.81. The molecule has 1 rings (SSSR count). The topological polar surface area (TPSA) is 48.1 Å². The Morgan fingerprint density at radius 2 is 2.43 bits per heavy atom. The van der Waals surface area contributed by atoms with E-state index < -0.39 is 0 Å². The smallest absolute Gasteiger partial charge is 0.0960 e. The maximum absolute atomic E-state index is 5.56. The van der Waals surface area contributed by atoms with Gasteiger partial charge in [-0.05, 0) is 19.1 Å². The Morgan fingerprint density at radius 1 is 1.57 bits per heavy atom. The maximum atomic E-state index is 5.56. The van der Waals surface area contributed by atoms with E-state index in [9.17, 15) is 0 Å². The Balaban J connectivity index is 2.32. The molecule has 0 radical (unpaired) electrons. The highest BCUT2D eigenvalue weighted by Crippen LogP contribution is 2.15. The molecule has 2 N–H and O–H groups in total. The van der Waals surface area contributed by atoms with Crippen LogP contribution in [0.5, 0.6) is 0 Å². The first-order valence-corrected chi connectivity index (χ1v) is 5.71. The van der Waals surface area contributed by atoms with Gasteiger partial charge < -0.3 is 10.5 Å². The van der Waals surface area contributed by atoms with E-state index in [2.05, 4.69) is 4.98 Å². The predicted molar refractivity (Wildman–Crippen MR) is 59.4 cm³/mol. The minimum Gasteiger partial charge on any atom is -0.376 e. The Kier molecular flexibility index (Phi) is 5.59. The zero-order chi connectivity index (χ0) is 10.2. The van der Waals surface area contributed by atoms with Gasteiger partial charge in [-0.2, -0.15) is 0 Å². The molecule has 1 aromatic rings. The van der Waals surface area contributed by atoms with Crippen LogP contribution >= 0.6 is 11.8 Å². The monoisotopic (exact) mass is 212 g/mol. The number of rotatable bonds is 6. The molecule has 0 saturated heterocycles. The Hall–Kier alpha value is -0.580. The highest BCUT2D eigenvalue weighted by Gasteiger charge is 2.06. The Labute approximate surface area is 89.1 Å². The zero-order valence-electron chi connectivity index (χ0n) is 8.35. The summed E-state index contributed by atoms with van der Waals surface area (Å²) in [6, 6.07) is 5.88. The van der Waals surface area contributed by atoms with Crippen molar-refractivity contribution in [2.24, 2.45) is 5.73 Å². The molecule has 0 bridgehead atoms. The van der Waals surface area contributed by atoms with Crippen molar-refractivity contribution < 1.29 is 4.74 Å². The minimum absolute atomic E-state index is 0.131. The average molecular weight is 212 g/mol. The van der Waals surface area contributed by atoms with Crippen LogP contribution < -0.4 is 5.73 Å². The molecule has 0 aliphatic carbocycles. The fourth-order valence-electron chi connectivity index (χ4n) is 1.03. The zero-order valence-corrected chi connectivity index (χ0v) is 9.17. The van der Waals surface area contributed by atoms with Gasteiger partial charge in [0, 0.05) is 25.1 Å². The van der Waals surface area contributed by atoms with Crippen molar-refractivity contribution in [2.75, 3.05) is 18.9 Å². The van der Waals surface area contributed by atoms with Crippen molar-refractivity contribution in [1.29, 1.82) is 0 Å². The molecule has 0 aliphatic rings. The first-order valence-electron chi connectivity index (χ1n) is 4.72. The molecule has 0 fully saturated rings. The molecule has 1 heterocycles. The maximum Gasteiger partial charge on any atom is 0.0960 e. The molecule has 0 amide bonds. The van der Waals surface area contributed by atoms with Crippen LogP contribution in [0.1, 0.15) is 6.92 Å². The summed E-state index contributed by atoms with van der Waals surface area (Å²) in [5, 5.41) is 1.02. The molecular formula is C10H16N2OS. The SMILES string of the molecule is CCOC(CN)CSc1ccccn1. The van der Waals surface area contributed by atoms with Gasteiger partial charge in [-0.15, -0.1) is 11.8 Å². The standard InChI is InChI=1S/C10H16N2OS/c1-2-13-9(7-11)8-14-10-5-3-4-6-12-10/h3-6,9H,2,7-8,11H2,1H3. The normalized spacial score (nSPS) is 12.7. The number of ether oxygens (including phenoxy) is 1. The molecule has 78 valence electrons. The van der Waals surface area contributed by atoms with Crippen molar-refractivity contribution in [3.8, 4) is 0 Å². The molecule has 0 aliphatic heterocycles. The lowest BCUT2D eigenvalue weighted by molar-refractivity contribution is 0.0858. The lowest BCUT2D eigenvalue weighted by Gasteiger charge is -2.13. The third-order valence-corrected chi connectivity index (χ3v) is 2.80. The predicted octanol–water partition coefficient (Wildman–Crippen LogP) is 1.54. The van der Waals surface area contributed by atoms with Crippen LogP contribution in [0.15, 0.2) is 29.4 Å².